The van der Waals surface area contributed by atoms with E-state index in [0.717, 1.165) is 38.6 Å². The van der Waals surface area contributed by atoms with Crippen LogP contribution < -0.4 is 0 Å². The Kier molecular flexibility index (Phi) is 5.89. The molecule has 3 aromatic heterocycles. The van der Waals surface area contributed by atoms with Crippen molar-refractivity contribution in [2.75, 3.05) is 0 Å². The van der Waals surface area contributed by atoms with Gasteiger partial charge in [-0.15, -0.1) is 0 Å². The third-order valence-electron chi connectivity index (χ3n) is 10.8. The molecule has 0 spiro atoms. The SMILES string of the molecule is C=CC1=C(C)C(C)(C)c2cc(-c3nc(-c4ccccn4)nc(-c4c5c(cc6c4oc4ccccc46)C(C)(C)c4ccccc4-5)n3)ccc21. The summed E-state index contributed by atoms with van der Waals surface area (Å²) in [7, 11) is 0. The van der Waals surface area contributed by atoms with Gasteiger partial charge >= 0.3 is 0 Å². The molecule has 0 fully saturated rings. The monoisotopic (exact) mass is 622 g/mol. The van der Waals surface area contributed by atoms with E-state index in [0.29, 0.717) is 23.2 Å². The molecule has 0 N–H and O–H groups in total. The lowest BCUT2D eigenvalue weighted by Crippen LogP contribution is -2.15. The maximum atomic E-state index is 6.73. The molecule has 0 aliphatic heterocycles. The Morgan fingerprint density at radius 1 is 0.646 bits per heavy atom. The highest BCUT2D eigenvalue weighted by Crippen LogP contribution is 2.55. The van der Waals surface area contributed by atoms with Crippen LogP contribution >= 0.6 is 0 Å². The zero-order valence-electron chi connectivity index (χ0n) is 27.7. The first kappa shape index (κ1) is 28.5. The minimum atomic E-state index is -0.230. The second-order valence-corrected chi connectivity index (χ2v) is 14.0. The maximum absolute atomic E-state index is 6.73. The first-order valence-corrected chi connectivity index (χ1v) is 16.4. The quantitative estimate of drug-likeness (QED) is 0.195. The second kappa shape index (κ2) is 9.91. The molecule has 0 amide bonds. The van der Waals surface area contributed by atoms with E-state index in [1.807, 2.05) is 36.4 Å². The number of fused-ring (bicyclic) bond motifs is 7. The highest BCUT2D eigenvalue weighted by atomic mass is 16.3. The average molecular weight is 623 g/mol. The lowest BCUT2D eigenvalue weighted by atomic mass is 9.81. The Morgan fingerprint density at radius 2 is 1.40 bits per heavy atom. The Labute approximate surface area is 279 Å². The van der Waals surface area contributed by atoms with Crippen molar-refractivity contribution in [1.29, 1.82) is 0 Å². The second-order valence-electron chi connectivity index (χ2n) is 14.0. The zero-order valence-corrected chi connectivity index (χ0v) is 27.7. The summed E-state index contributed by atoms with van der Waals surface area (Å²) in [4.78, 5) is 20.2. The molecule has 9 rings (SSSR count). The van der Waals surface area contributed by atoms with E-state index in [4.69, 9.17) is 19.4 Å². The van der Waals surface area contributed by atoms with Crippen LogP contribution in [0.15, 0.2) is 120 Å². The molecule has 3 heterocycles. The van der Waals surface area contributed by atoms with Gasteiger partial charge in [0, 0.05) is 38.9 Å². The molecule has 232 valence electrons. The first-order valence-electron chi connectivity index (χ1n) is 16.4. The fraction of sp³-hybridized carbons (Fsp3) is 0.163. The number of pyridine rings is 1. The van der Waals surface area contributed by atoms with E-state index >= 15 is 0 Å². The fourth-order valence-corrected chi connectivity index (χ4v) is 7.90. The molecule has 0 saturated heterocycles. The number of rotatable bonds is 4. The Morgan fingerprint density at radius 3 is 2.21 bits per heavy atom. The van der Waals surface area contributed by atoms with Crippen molar-refractivity contribution in [3.8, 4) is 45.4 Å². The molecule has 5 nitrogen and oxygen atoms in total. The van der Waals surface area contributed by atoms with Crippen molar-refractivity contribution in [1.82, 2.24) is 19.9 Å². The minimum Gasteiger partial charge on any atom is -0.455 e. The van der Waals surface area contributed by atoms with E-state index in [2.05, 4.69) is 107 Å². The van der Waals surface area contributed by atoms with Gasteiger partial charge in [0.2, 0.25) is 0 Å². The maximum Gasteiger partial charge on any atom is 0.182 e. The van der Waals surface area contributed by atoms with Crippen molar-refractivity contribution in [2.24, 2.45) is 0 Å². The molecular weight excluding hydrogens is 589 g/mol. The van der Waals surface area contributed by atoms with Crippen molar-refractivity contribution in [3.05, 3.63) is 138 Å². The standard InChI is InChI=1S/C43H34N4O/c1-7-26-24(2)42(3,4)32-22-25(19-20-27(26)32)39-45-40(34-17-12-13-21-44-34)47-41(46-39)37-36-29-15-8-10-16-31(29)43(5,6)33(36)23-30-28-14-9-11-18-35(28)48-38(30)37/h7-23H,1H2,2-6H3. The van der Waals surface area contributed by atoms with Crippen LogP contribution in [0.2, 0.25) is 0 Å². The van der Waals surface area contributed by atoms with E-state index in [1.54, 1.807) is 6.20 Å². The summed E-state index contributed by atoms with van der Waals surface area (Å²) in [6.07, 6.45) is 3.74. The Hall–Kier alpha value is -5.68. The third-order valence-corrected chi connectivity index (χ3v) is 10.8. The van der Waals surface area contributed by atoms with Crippen LogP contribution in [0.25, 0.3) is 72.9 Å². The van der Waals surface area contributed by atoms with Gasteiger partial charge in [0.1, 0.15) is 16.9 Å². The van der Waals surface area contributed by atoms with Gasteiger partial charge in [-0.25, -0.2) is 15.0 Å². The predicted octanol–water partition coefficient (Wildman–Crippen LogP) is 10.7. The Balaban J connectivity index is 1.38. The topological polar surface area (TPSA) is 64.7 Å². The molecule has 48 heavy (non-hydrogen) atoms. The highest BCUT2D eigenvalue weighted by molar-refractivity contribution is 6.14. The minimum absolute atomic E-state index is 0.148. The van der Waals surface area contributed by atoms with Crippen molar-refractivity contribution < 1.29 is 4.42 Å². The van der Waals surface area contributed by atoms with Gasteiger partial charge in [-0.1, -0.05) is 107 Å². The van der Waals surface area contributed by atoms with Gasteiger partial charge in [-0.3, -0.25) is 4.98 Å². The van der Waals surface area contributed by atoms with Crippen LogP contribution in [0.4, 0.5) is 0 Å². The van der Waals surface area contributed by atoms with E-state index in [1.165, 1.54) is 39.0 Å². The lowest BCUT2D eigenvalue weighted by molar-refractivity contribution is 0.639. The predicted molar refractivity (Wildman–Crippen MR) is 195 cm³/mol. The molecule has 7 aromatic rings. The molecule has 0 atom stereocenters. The summed E-state index contributed by atoms with van der Waals surface area (Å²) >= 11 is 0. The van der Waals surface area contributed by atoms with E-state index < -0.39 is 0 Å². The molecule has 4 aromatic carbocycles. The average Bonchev–Trinajstić information content (AvgIpc) is 3.66. The Bertz CT molecular complexity index is 2530. The molecular formula is C43H34N4O. The zero-order chi connectivity index (χ0) is 32.9. The van der Waals surface area contributed by atoms with Crippen LogP contribution in [0.3, 0.4) is 0 Å². The summed E-state index contributed by atoms with van der Waals surface area (Å²) in [6, 6.07) is 31.6. The summed E-state index contributed by atoms with van der Waals surface area (Å²) in [5.41, 5.74) is 13.5. The van der Waals surface area contributed by atoms with Crippen LogP contribution in [-0.2, 0) is 10.8 Å². The lowest BCUT2D eigenvalue weighted by Gasteiger charge is -2.23. The number of para-hydroxylation sites is 1. The van der Waals surface area contributed by atoms with Crippen molar-refractivity contribution in [3.63, 3.8) is 0 Å². The van der Waals surface area contributed by atoms with Crippen molar-refractivity contribution >= 4 is 27.5 Å². The molecule has 0 unspecified atom stereocenters. The molecule has 2 aliphatic carbocycles. The summed E-state index contributed by atoms with van der Waals surface area (Å²) < 4.78 is 6.73. The summed E-state index contributed by atoms with van der Waals surface area (Å²) in [6.45, 7) is 15.5. The van der Waals surface area contributed by atoms with Gasteiger partial charge in [-0.05, 0) is 70.6 Å². The molecule has 0 radical (unpaired) electrons. The molecule has 0 bridgehead atoms. The summed E-state index contributed by atoms with van der Waals surface area (Å²) in [5, 5.41) is 2.13. The van der Waals surface area contributed by atoms with Crippen molar-refractivity contribution in [2.45, 2.75) is 45.4 Å². The van der Waals surface area contributed by atoms with Gasteiger partial charge in [-0.2, -0.15) is 0 Å². The normalized spacial score (nSPS) is 15.5. The molecule has 0 saturated carbocycles. The largest absolute Gasteiger partial charge is 0.455 e. The number of benzene rings is 4. The number of nitrogens with zero attached hydrogens (tertiary/aromatic N) is 4. The number of hydrogen-bond donors (Lipinski definition) is 0. The van der Waals surface area contributed by atoms with Gasteiger partial charge in [0.15, 0.2) is 17.5 Å². The van der Waals surface area contributed by atoms with Crippen LogP contribution in [0.1, 0.15) is 56.9 Å². The van der Waals surface area contributed by atoms with Crippen LogP contribution in [0.5, 0.6) is 0 Å². The van der Waals surface area contributed by atoms with Crippen LogP contribution in [-0.4, -0.2) is 19.9 Å². The first-order chi connectivity index (χ1) is 23.2. The smallest absolute Gasteiger partial charge is 0.182 e. The van der Waals surface area contributed by atoms with Gasteiger partial charge in [0.25, 0.3) is 0 Å². The van der Waals surface area contributed by atoms with Gasteiger partial charge in [0.05, 0.1) is 5.56 Å². The van der Waals surface area contributed by atoms with E-state index in [-0.39, 0.29) is 10.8 Å². The molecule has 2 aliphatic rings. The van der Waals surface area contributed by atoms with Crippen LogP contribution in [0, 0.1) is 0 Å². The molecule has 5 heteroatoms. The fourth-order valence-electron chi connectivity index (χ4n) is 7.90. The van der Waals surface area contributed by atoms with Gasteiger partial charge < -0.3 is 4.42 Å². The number of furan rings is 1. The highest BCUT2D eigenvalue weighted by Gasteiger charge is 2.40. The number of hydrogen-bond acceptors (Lipinski definition) is 5. The number of allylic oxidation sites excluding steroid dienone is 3. The number of aromatic nitrogens is 4. The summed E-state index contributed by atoms with van der Waals surface area (Å²) in [5.74, 6) is 1.68. The van der Waals surface area contributed by atoms with E-state index in [9.17, 15) is 0 Å². The third kappa shape index (κ3) is 3.85.